The zero-order valence-corrected chi connectivity index (χ0v) is 13.4. The molecule has 0 aromatic rings. The first kappa shape index (κ1) is 17.0. The highest BCUT2D eigenvalue weighted by atomic mass is 16.5. The van der Waals surface area contributed by atoms with Gasteiger partial charge in [0.25, 0.3) is 0 Å². The molecule has 0 aromatic heterocycles. The van der Waals surface area contributed by atoms with Crippen LogP contribution in [0.4, 0.5) is 0 Å². The molecule has 2 unspecified atom stereocenters. The van der Waals surface area contributed by atoms with Crippen molar-refractivity contribution in [3.63, 3.8) is 0 Å². The fourth-order valence-electron chi connectivity index (χ4n) is 3.47. The van der Waals surface area contributed by atoms with Gasteiger partial charge in [-0.3, -0.25) is 0 Å². The van der Waals surface area contributed by atoms with Crippen LogP contribution < -0.4 is 5.32 Å². The third-order valence-corrected chi connectivity index (χ3v) is 4.68. The quantitative estimate of drug-likeness (QED) is 0.705. The van der Waals surface area contributed by atoms with Gasteiger partial charge in [0.15, 0.2) is 0 Å². The summed E-state index contributed by atoms with van der Waals surface area (Å²) in [5, 5.41) is 3.84. The van der Waals surface area contributed by atoms with Crippen molar-refractivity contribution >= 4 is 0 Å². The Balaban J connectivity index is 2.52. The topological polar surface area (TPSA) is 21.3 Å². The standard InChI is InChI=1S/C17H35NO/c1-4-13-18-17(15(2)12-14-19-3)16-10-8-6-5-7-9-11-16/h15-18H,4-14H2,1-3H3. The second kappa shape index (κ2) is 10.7. The number of rotatable bonds is 8. The Kier molecular flexibility index (Phi) is 9.54. The Bertz CT molecular complexity index is 199. The number of nitrogens with one attached hydrogen (secondary N) is 1. The molecule has 0 aliphatic heterocycles. The van der Waals surface area contributed by atoms with Gasteiger partial charge in [-0.15, -0.1) is 0 Å². The smallest absolute Gasteiger partial charge is 0.0465 e. The minimum atomic E-state index is 0.702. The summed E-state index contributed by atoms with van der Waals surface area (Å²) in [5.41, 5.74) is 0. The molecule has 0 heterocycles. The van der Waals surface area contributed by atoms with Crippen LogP contribution in [0.1, 0.15) is 71.6 Å². The monoisotopic (exact) mass is 269 g/mol. The van der Waals surface area contributed by atoms with Crippen molar-refractivity contribution in [2.24, 2.45) is 11.8 Å². The molecule has 114 valence electrons. The summed E-state index contributed by atoms with van der Waals surface area (Å²) in [6.07, 6.45) is 12.5. The van der Waals surface area contributed by atoms with E-state index in [1.165, 1.54) is 64.3 Å². The molecule has 0 amide bonds. The molecule has 1 saturated carbocycles. The molecule has 19 heavy (non-hydrogen) atoms. The summed E-state index contributed by atoms with van der Waals surface area (Å²) >= 11 is 0. The van der Waals surface area contributed by atoms with Gasteiger partial charge in [-0.2, -0.15) is 0 Å². The lowest BCUT2D eigenvalue weighted by Gasteiger charge is -2.34. The molecule has 0 radical (unpaired) electrons. The van der Waals surface area contributed by atoms with Crippen LogP contribution in [-0.2, 0) is 4.74 Å². The Labute approximate surface area is 120 Å². The molecule has 2 heteroatoms. The molecule has 2 nitrogen and oxygen atoms in total. The third-order valence-electron chi connectivity index (χ3n) is 4.68. The predicted octanol–water partition coefficient (Wildman–Crippen LogP) is 4.39. The Morgan fingerprint density at radius 3 is 2.32 bits per heavy atom. The Morgan fingerprint density at radius 2 is 1.74 bits per heavy atom. The summed E-state index contributed by atoms with van der Waals surface area (Å²) in [4.78, 5) is 0. The van der Waals surface area contributed by atoms with Crippen LogP contribution in [0.25, 0.3) is 0 Å². The maximum atomic E-state index is 5.27. The molecule has 2 atom stereocenters. The van der Waals surface area contributed by atoms with E-state index in [2.05, 4.69) is 19.2 Å². The van der Waals surface area contributed by atoms with Gasteiger partial charge in [0.2, 0.25) is 0 Å². The van der Waals surface area contributed by atoms with Crippen molar-refractivity contribution < 1.29 is 4.74 Å². The fourth-order valence-corrected chi connectivity index (χ4v) is 3.47. The Hall–Kier alpha value is -0.0800. The van der Waals surface area contributed by atoms with Gasteiger partial charge in [-0.05, 0) is 44.1 Å². The number of hydrogen-bond acceptors (Lipinski definition) is 2. The van der Waals surface area contributed by atoms with Crippen molar-refractivity contribution in [2.45, 2.75) is 77.7 Å². The maximum Gasteiger partial charge on any atom is 0.0465 e. The molecular formula is C17H35NO. The van der Waals surface area contributed by atoms with E-state index in [4.69, 9.17) is 4.74 Å². The van der Waals surface area contributed by atoms with Crippen LogP contribution in [0.15, 0.2) is 0 Å². The lowest BCUT2D eigenvalue weighted by molar-refractivity contribution is 0.150. The first-order chi connectivity index (χ1) is 9.29. The molecule has 1 aliphatic rings. The van der Waals surface area contributed by atoms with E-state index in [0.29, 0.717) is 6.04 Å². The Morgan fingerprint density at radius 1 is 1.11 bits per heavy atom. The maximum absolute atomic E-state index is 5.27. The van der Waals surface area contributed by atoms with Crippen LogP contribution >= 0.6 is 0 Å². The van der Waals surface area contributed by atoms with Crippen LogP contribution in [0.3, 0.4) is 0 Å². The zero-order valence-electron chi connectivity index (χ0n) is 13.4. The van der Waals surface area contributed by atoms with Crippen molar-refractivity contribution in [1.82, 2.24) is 5.32 Å². The molecule has 0 bridgehead atoms. The molecule has 1 aliphatic carbocycles. The minimum Gasteiger partial charge on any atom is -0.385 e. The summed E-state index contributed by atoms with van der Waals surface area (Å²) in [6.45, 7) is 6.74. The van der Waals surface area contributed by atoms with Crippen LogP contribution in [0.2, 0.25) is 0 Å². The van der Waals surface area contributed by atoms with Crippen molar-refractivity contribution in [1.29, 1.82) is 0 Å². The van der Waals surface area contributed by atoms with Crippen LogP contribution in [0.5, 0.6) is 0 Å². The van der Waals surface area contributed by atoms with E-state index in [1.807, 2.05) is 7.11 Å². The first-order valence-electron chi connectivity index (χ1n) is 8.52. The SMILES string of the molecule is CCCNC(C(C)CCOC)C1CCCCCCC1. The first-order valence-corrected chi connectivity index (χ1v) is 8.52. The second-order valence-electron chi connectivity index (χ2n) is 6.34. The number of hydrogen-bond donors (Lipinski definition) is 1. The van der Waals surface area contributed by atoms with Gasteiger partial charge in [0.1, 0.15) is 0 Å². The van der Waals surface area contributed by atoms with E-state index in [-0.39, 0.29) is 0 Å². The number of ether oxygens (including phenoxy) is 1. The van der Waals surface area contributed by atoms with Crippen LogP contribution in [-0.4, -0.2) is 26.3 Å². The number of methoxy groups -OCH3 is 1. The lowest BCUT2D eigenvalue weighted by Crippen LogP contribution is -2.42. The molecule has 1 rings (SSSR count). The van der Waals surface area contributed by atoms with E-state index >= 15 is 0 Å². The van der Waals surface area contributed by atoms with E-state index in [9.17, 15) is 0 Å². The fraction of sp³-hybridized carbons (Fsp3) is 1.00. The minimum absolute atomic E-state index is 0.702. The highest BCUT2D eigenvalue weighted by molar-refractivity contribution is 4.82. The van der Waals surface area contributed by atoms with Gasteiger partial charge < -0.3 is 10.1 Å². The molecule has 1 N–H and O–H groups in total. The summed E-state index contributed by atoms with van der Waals surface area (Å²) < 4.78 is 5.27. The van der Waals surface area contributed by atoms with Gasteiger partial charge in [0, 0.05) is 19.8 Å². The molecular weight excluding hydrogens is 234 g/mol. The average Bonchev–Trinajstić information content (AvgIpc) is 2.38. The van der Waals surface area contributed by atoms with Gasteiger partial charge in [0.05, 0.1) is 0 Å². The molecule has 0 spiro atoms. The van der Waals surface area contributed by atoms with Crippen molar-refractivity contribution in [2.75, 3.05) is 20.3 Å². The van der Waals surface area contributed by atoms with E-state index < -0.39 is 0 Å². The highest BCUT2D eigenvalue weighted by Crippen LogP contribution is 2.29. The summed E-state index contributed by atoms with van der Waals surface area (Å²) in [5.74, 6) is 1.62. The summed E-state index contributed by atoms with van der Waals surface area (Å²) in [7, 11) is 1.82. The van der Waals surface area contributed by atoms with E-state index in [1.54, 1.807) is 0 Å². The normalized spacial score (nSPS) is 21.6. The van der Waals surface area contributed by atoms with Gasteiger partial charge in [-0.1, -0.05) is 46.0 Å². The largest absolute Gasteiger partial charge is 0.385 e. The molecule has 0 aromatic carbocycles. The zero-order chi connectivity index (χ0) is 13.9. The average molecular weight is 269 g/mol. The second-order valence-corrected chi connectivity index (χ2v) is 6.34. The molecule has 1 fully saturated rings. The lowest BCUT2D eigenvalue weighted by atomic mass is 9.80. The highest BCUT2D eigenvalue weighted by Gasteiger charge is 2.26. The van der Waals surface area contributed by atoms with Gasteiger partial charge >= 0.3 is 0 Å². The van der Waals surface area contributed by atoms with Crippen LogP contribution in [0, 0.1) is 11.8 Å². The van der Waals surface area contributed by atoms with E-state index in [0.717, 1.165) is 18.4 Å². The van der Waals surface area contributed by atoms with Crippen molar-refractivity contribution in [3.8, 4) is 0 Å². The molecule has 0 saturated heterocycles. The predicted molar refractivity (Wildman–Crippen MR) is 83.5 cm³/mol. The van der Waals surface area contributed by atoms with Gasteiger partial charge in [-0.25, -0.2) is 0 Å². The third kappa shape index (κ3) is 6.76. The van der Waals surface area contributed by atoms with Crippen molar-refractivity contribution in [3.05, 3.63) is 0 Å². The summed E-state index contributed by atoms with van der Waals surface area (Å²) in [6, 6.07) is 0.702.